The van der Waals surface area contributed by atoms with Crippen molar-refractivity contribution in [3.8, 4) is 6.07 Å². The average molecular weight is 557 g/mol. The van der Waals surface area contributed by atoms with E-state index in [1.54, 1.807) is 22.8 Å². The highest BCUT2D eigenvalue weighted by atomic mass is 16.2. The van der Waals surface area contributed by atoms with E-state index in [2.05, 4.69) is 32.8 Å². The van der Waals surface area contributed by atoms with Crippen molar-refractivity contribution in [3.05, 3.63) is 80.3 Å². The van der Waals surface area contributed by atoms with Crippen LogP contribution in [0.25, 0.3) is 0 Å². The fourth-order valence-electron chi connectivity index (χ4n) is 6.01. The Hall–Kier alpha value is -3.97. The zero-order valence-corrected chi connectivity index (χ0v) is 23.9. The summed E-state index contributed by atoms with van der Waals surface area (Å²) in [5.74, 6) is 1.94. The molecule has 10 heteroatoms. The summed E-state index contributed by atoms with van der Waals surface area (Å²) in [6.45, 7) is 5.96. The van der Waals surface area contributed by atoms with E-state index in [-0.39, 0.29) is 23.8 Å². The smallest absolute Gasteiger partial charge is 0.332 e. The van der Waals surface area contributed by atoms with Crippen LogP contribution in [0.4, 0.5) is 11.8 Å². The fraction of sp³-hybridized carbons (Fsp3) is 0.516. The number of nitriles is 1. The van der Waals surface area contributed by atoms with Crippen molar-refractivity contribution in [2.24, 2.45) is 11.7 Å². The van der Waals surface area contributed by atoms with E-state index >= 15 is 0 Å². The van der Waals surface area contributed by atoms with Gasteiger partial charge < -0.3 is 15.5 Å². The lowest BCUT2D eigenvalue weighted by molar-refractivity contribution is 0.358. The van der Waals surface area contributed by atoms with Crippen LogP contribution in [0.1, 0.15) is 62.1 Å². The van der Waals surface area contributed by atoms with E-state index in [4.69, 9.17) is 5.73 Å². The molecule has 3 aromatic rings. The van der Waals surface area contributed by atoms with Gasteiger partial charge in [0.15, 0.2) is 0 Å². The van der Waals surface area contributed by atoms with E-state index in [1.807, 2.05) is 24.5 Å². The third-order valence-electron chi connectivity index (χ3n) is 8.43. The zero-order chi connectivity index (χ0) is 28.8. The predicted octanol–water partition coefficient (Wildman–Crippen LogP) is 2.91. The second kappa shape index (κ2) is 13.1. The van der Waals surface area contributed by atoms with Gasteiger partial charge in [0, 0.05) is 57.2 Å². The Kier molecular flexibility index (Phi) is 9.14. The van der Waals surface area contributed by atoms with Crippen molar-refractivity contribution in [3.63, 3.8) is 0 Å². The number of benzene rings is 1. The first-order valence-electron chi connectivity index (χ1n) is 14.8. The summed E-state index contributed by atoms with van der Waals surface area (Å²) in [6.07, 6.45) is 10.4. The minimum absolute atomic E-state index is 0.00494. The lowest BCUT2D eigenvalue weighted by Gasteiger charge is -2.34. The highest BCUT2D eigenvalue weighted by Crippen LogP contribution is 2.24. The van der Waals surface area contributed by atoms with Gasteiger partial charge in [-0.3, -0.25) is 13.9 Å². The van der Waals surface area contributed by atoms with E-state index < -0.39 is 0 Å². The normalized spacial score (nSPS) is 17.9. The first-order valence-corrected chi connectivity index (χ1v) is 14.8. The van der Waals surface area contributed by atoms with Gasteiger partial charge in [-0.2, -0.15) is 5.26 Å². The molecule has 0 bridgehead atoms. The Morgan fingerprint density at radius 2 is 1.78 bits per heavy atom. The quantitative estimate of drug-likeness (QED) is 0.426. The van der Waals surface area contributed by atoms with Gasteiger partial charge in [0.25, 0.3) is 5.56 Å². The molecule has 0 spiro atoms. The van der Waals surface area contributed by atoms with Gasteiger partial charge in [0.2, 0.25) is 5.95 Å². The number of nitrogens with zero attached hydrogens (tertiary/aromatic N) is 7. The number of anilines is 2. The minimum Gasteiger partial charge on any atom is -0.356 e. The van der Waals surface area contributed by atoms with Gasteiger partial charge in [0.05, 0.1) is 18.2 Å². The van der Waals surface area contributed by atoms with Crippen LogP contribution >= 0.6 is 0 Å². The zero-order valence-electron chi connectivity index (χ0n) is 23.9. The van der Waals surface area contributed by atoms with Gasteiger partial charge in [-0.05, 0) is 74.1 Å². The van der Waals surface area contributed by atoms with Crippen molar-refractivity contribution >= 4 is 11.8 Å². The van der Waals surface area contributed by atoms with Crippen LogP contribution in [0.2, 0.25) is 0 Å². The maximum atomic E-state index is 13.8. The first-order chi connectivity index (χ1) is 19.9. The van der Waals surface area contributed by atoms with Crippen molar-refractivity contribution in [1.29, 1.82) is 5.26 Å². The highest BCUT2D eigenvalue weighted by molar-refractivity contribution is 5.41. The molecule has 0 amide bonds. The van der Waals surface area contributed by atoms with Crippen molar-refractivity contribution in [2.75, 3.05) is 36.0 Å². The number of hydrogen-bond donors (Lipinski definition) is 1. The molecule has 216 valence electrons. The Morgan fingerprint density at radius 3 is 2.49 bits per heavy atom. The molecule has 2 fully saturated rings. The van der Waals surface area contributed by atoms with Crippen LogP contribution in [-0.2, 0) is 19.5 Å². The van der Waals surface area contributed by atoms with E-state index in [1.165, 1.54) is 4.57 Å². The molecule has 4 heterocycles. The number of rotatable bonds is 9. The summed E-state index contributed by atoms with van der Waals surface area (Å²) in [7, 11) is 0. The van der Waals surface area contributed by atoms with Crippen LogP contribution in [-0.4, -0.2) is 51.3 Å². The Morgan fingerprint density at radius 1 is 1.00 bits per heavy atom. The Bertz CT molecular complexity index is 1480. The molecule has 5 rings (SSSR count). The third kappa shape index (κ3) is 6.85. The third-order valence-corrected chi connectivity index (χ3v) is 8.43. The summed E-state index contributed by atoms with van der Waals surface area (Å²) in [6, 6.07) is 11.0. The SMILES string of the molecule is CCc1cnc(N2CCC(CCCn3c(=O)cc(N4CCC[C@@H](N)C4)n(Cc4cccc(C#N)c4)c3=O)CC2)nc1. The van der Waals surface area contributed by atoms with Gasteiger partial charge in [-0.15, -0.1) is 0 Å². The van der Waals surface area contributed by atoms with E-state index in [0.717, 1.165) is 81.7 Å². The Balaban J connectivity index is 1.28. The molecule has 2 aromatic heterocycles. The summed E-state index contributed by atoms with van der Waals surface area (Å²) in [4.78, 5) is 40.4. The molecular weight excluding hydrogens is 516 g/mol. The molecule has 2 N–H and O–H groups in total. The highest BCUT2D eigenvalue weighted by Gasteiger charge is 2.24. The monoisotopic (exact) mass is 556 g/mol. The molecule has 0 radical (unpaired) electrons. The first kappa shape index (κ1) is 28.6. The molecule has 41 heavy (non-hydrogen) atoms. The largest absolute Gasteiger partial charge is 0.356 e. The second-order valence-electron chi connectivity index (χ2n) is 11.3. The second-order valence-corrected chi connectivity index (χ2v) is 11.3. The molecular formula is C31H40N8O2. The fourth-order valence-corrected chi connectivity index (χ4v) is 6.01. The molecule has 0 unspecified atom stereocenters. The molecule has 1 atom stereocenters. The summed E-state index contributed by atoms with van der Waals surface area (Å²) in [5.41, 5.74) is 8.19. The number of aromatic nitrogens is 4. The lowest BCUT2D eigenvalue weighted by Crippen LogP contribution is -2.48. The van der Waals surface area contributed by atoms with Crippen LogP contribution in [0.5, 0.6) is 0 Å². The van der Waals surface area contributed by atoms with E-state index in [9.17, 15) is 14.9 Å². The van der Waals surface area contributed by atoms with Crippen LogP contribution in [0.3, 0.4) is 0 Å². The van der Waals surface area contributed by atoms with Crippen molar-refractivity contribution < 1.29 is 0 Å². The molecule has 2 aliphatic rings. The molecule has 2 saturated heterocycles. The molecule has 2 aliphatic heterocycles. The van der Waals surface area contributed by atoms with Gasteiger partial charge in [-0.25, -0.2) is 14.8 Å². The maximum Gasteiger partial charge on any atom is 0.332 e. The number of nitrogens with two attached hydrogens (primary N) is 1. The van der Waals surface area contributed by atoms with Crippen LogP contribution < -0.4 is 26.8 Å². The molecule has 1 aromatic carbocycles. The summed E-state index contributed by atoms with van der Waals surface area (Å²) in [5, 5.41) is 9.35. The predicted molar refractivity (Wildman–Crippen MR) is 160 cm³/mol. The lowest BCUT2D eigenvalue weighted by atomic mass is 9.92. The average Bonchev–Trinajstić information content (AvgIpc) is 3.00. The number of piperidine rings is 2. The number of aryl methyl sites for hydroxylation is 1. The summed E-state index contributed by atoms with van der Waals surface area (Å²) >= 11 is 0. The van der Waals surface area contributed by atoms with Gasteiger partial charge in [-0.1, -0.05) is 19.1 Å². The molecule has 10 nitrogen and oxygen atoms in total. The van der Waals surface area contributed by atoms with E-state index in [0.29, 0.717) is 30.4 Å². The molecule has 0 saturated carbocycles. The number of hydrogen-bond acceptors (Lipinski definition) is 8. The standard InChI is InChI=1S/C31H40N8O2/c1-2-23-19-34-30(35-20-23)36-14-10-24(11-15-36)8-4-13-38-29(40)17-28(37-12-5-9-27(33)22-37)39(31(38)41)21-26-7-3-6-25(16-26)18-32/h3,6-7,16-17,19-20,24,27H,2,4-5,8-15,21-22,33H2,1H3/t27-/m1/s1. The Labute approximate surface area is 241 Å². The molecule has 0 aliphatic carbocycles. The minimum atomic E-state index is -0.309. The van der Waals surface area contributed by atoms with Crippen molar-refractivity contribution in [2.45, 2.75) is 71.0 Å². The van der Waals surface area contributed by atoms with Crippen molar-refractivity contribution in [1.82, 2.24) is 19.1 Å². The topological polar surface area (TPSA) is 126 Å². The van der Waals surface area contributed by atoms with Gasteiger partial charge >= 0.3 is 5.69 Å². The summed E-state index contributed by atoms with van der Waals surface area (Å²) < 4.78 is 3.05. The van der Waals surface area contributed by atoms with Crippen LogP contribution in [0.15, 0.2) is 52.3 Å². The van der Waals surface area contributed by atoms with Gasteiger partial charge in [0.1, 0.15) is 5.82 Å². The maximum absolute atomic E-state index is 13.8. The van der Waals surface area contributed by atoms with Crippen LogP contribution in [0, 0.1) is 17.2 Å².